The maximum atomic E-state index is 12.6. The average molecular weight is 290 g/mol. The normalized spacial score (nSPS) is 18.6. The molecule has 1 amide bonds. The van der Waals surface area contributed by atoms with Gasteiger partial charge in [-0.05, 0) is 41.7 Å². The minimum absolute atomic E-state index is 0.0581. The molecule has 6 heteroatoms. The van der Waals surface area contributed by atoms with Crippen LogP contribution in [0.4, 0.5) is 0 Å². The number of hydrogen-bond donors (Lipinski definition) is 1. The summed E-state index contributed by atoms with van der Waals surface area (Å²) in [6, 6.07) is 2.28. The monoisotopic (exact) mass is 290 g/mol. The topological polar surface area (TPSA) is 61.9 Å². The smallest absolute Gasteiger partial charge is 0.294 e. The van der Waals surface area contributed by atoms with Crippen molar-refractivity contribution in [2.75, 3.05) is 6.54 Å². The van der Waals surface area contributed by atoms with E-state index in [-0.39, 0.29) is 11.9 Å². The van der Waals surface area contributed by atoms with Crippen molar-refractivity contribution in [2.45, 2.75) is 38.6 Å². The van der Waals surface area contributed by atoms with Gasteiger partial charge in [0, 0.05) is 13.0 Å². The second-order valence-corrected chi connectivity index (χ2v) is 5.85. The van der Waals surface area contributed by atoms with Gasteiger partial charge in [-0.15, -0.1) is 5.10 Å². The summed E-state index contributed by atoms with van der Waals surface area (Å²) < 4.78 is 0. The molecule has 2 aromatic rings. The van der Waals surface area contributed by atoms with E-state index in [4.69, 9.17) is 0 Å². The van der Waals surface area contributed by atoms with Crippen LogP contribution in [-0.4, -0.2) is 32.5 Å². The van der Waals surface area contributed by atoms with Gasteiger partial charge in [-0.3, -0.25) is 9.89 Å². The fraction of sp³-hybridized carbons (Fsp3) is 0.500. The molecule has 1 N–H and O–H groups in total. The van der Waals surface area contributed by atoms with Gasteiger partial charge in [-0.25, -0.2) is 4.98 Å². The van der Waals surface area contributed by atoms with Crippen molar-refractivity contribution in [2.24, 2.45) is 0 Å². The molecule has 1 atom stereocenters. The second kappa shape index (κ2) is 5.75. The van der Waals surface area contributed by atoms with Gasteiger partial charge in [-0.2, -0.15) is 11.3 Å². The summed E-state index contributed by atoms with van der Waals surface area (Å²) in [5.74, 6) is 1.04. The Hall–Kier alpha value is -1.69. The standard InChI is InChI=1S/C14H18N4OS/c1-2-4-12-15-13(17-16-12)14(19)18-7-3-5-11(18)10-6-8-20-9-10/h6,8-9,11H,2-5,7H2,1H3,(H,15,16,17). The molecule has 0 aliphatic carbocycles. The van der Waals surface area contributed by atoms with E-state index in [0.29, 0.717) is 5.82 Å². The highest BCUT2D eigenvalue weighted by Gasteiger charge is 2.32. The quantitative estimate of drug-likeness (QED) is 0.941. The number of nitrogens with one attached hydrogen (secondary N) is 1. The molecule has 5 nitrogen and oxygen atoms in total. The third-order valence-corrected chi connectivity index (χ3v) is 4.35. The largest absolute Gasteiger partial charge is 0.329 e. The second-order valence-electron chi connectivity index (χ2n) is 5.07. The minimum Gasteiger partial charge on any atom is -0.329 e. The van der Waals surface area contributed by atoms with Gasteiger partial charge in [0.05, 0.1) is 6.04 Å². The predicted molar refractivity (Wildman–Crippen MR) is 77.7 cm³/mol. The van der Waals surface area contributed by atoms with Gasteiger partial charge < -0.3 is 4.90 Å². The first-order chi connectivity index (χ1) is 9.79. The molecular weight excluding hydrogens is 272 g/mol. The van der Waals surface area contributed by atoms with E-state index >= 15 is 0 Å². The molecule has 0 aromatic carbocycles. The van der Waals surface area contributed by atoms with Gasteiger partial charge in [0.2, 0.25) is 5.82 Å². The van der Waals surface area contributed by atoms with Crippen LogP contribution in [-0.2, 0) is 6.42 Å². The first kappa shape index (κ1) is 13.3. The number of hydrogen-bond acceptors (Lipinski definition) is 4. The molecule has 106 valence electrons. The highest BCUT2D eigenvalue weighted by atomic mass is 32.1. The predicted octanol–water partition coefficient (Wildman–Crippen LogP) is 2.80. The van der Waals surface area contributed by atoms with Gasteiger partial charge in [0.15, 0.2) is 0 Å². The molecule has 0 bridgehead atoms. The third kappa shape index (κ3) is 2.47. The summed E-state index contributed by atoms with van der Waals surface area (Å²) in [6.07, 6.45) is 3.88. The Morgan fingerprint density at radius 3 is 3.25 bits per heavy atom. The fourth-order valence-electron chi connectivity index (χ4n) is 2.69. The molecule has 1 fully saturated rings. The van der Waals surface area contributed by atoms with Gasteiger partial charge in [0.1, 0.15) is 5.82 Å². The highest BCUT2D eigenvalue weighted by molar-refractivity contribution is 7.07. The van der Waals surface area contributed by atoms with Crippen molar-refractivity contribution in [3.63, 3.8) is 0 Å². The van der Waals surface area contributed by atoms with Crippen molar-refractivity contribution in [1.82, 2.24) is 20.1 Å². The Kier molecular flexibility index (Phi) is 3.82. The molecule has 1 saturated heterocycles. The number of carbonyl (C=O) groups is 1. The van der Waals surface area contributed by atoms with Crippen molar-refractivity contribution in [3.8, 4) is 0 Å². The van der Waals surface area contributed by atoms with E-state index in [1.54, 1.807) is 11.3 Å². The number of carbonyl (C=O) groups excluding carboxylic acids is 1. The van der Waals surface area contributed by atoms with Crippen LogP contribution in [0.15, 0.2) is 16.8 Å². The third-order valence-electron chi connectivity index (χ3n) is 3.65. The number of aromatic nitrogens is 3. The summed E-state index contributed by atoms with van der Waals surface area (Å²) in [6.45, 7) is 2.87. The summed E-state index contributed by atoms with van der Waals surface area (Å²) >= 11 is 1.67. The summed E-state index contributed by atoms with van der Waals surface area (Å²) in [7, 11) is 0. The summed E-state index contributed by atoms with van der Waals surface area (Å²) in [5.41, 5.74) is 1.23. The van der Waals surface area contributed by atoms with Crippen LogP contribution in [0.25, 0.3) is 0 Å². The first-order valence-electron chi connectivity index (χ1n) is 7.04. The van der Waals surface area contributed by atoms with E-state index in [9.17, 15) is 4.79 Å². The molecule has 1 unspecified atom stereocenters. The molecule has 3 rings (SSSR count). The molecule has 2 aromatic heterocycles. The van der Waals surface area contributed by atoms with E-state index in [2.05, 4.69) is 38.9 Å². The Bertz CT molecular complexity index is 578. The lowest BCUT2D eigenvalue weighted by Crippen LogP contribution is -2.31. The minimum atomic E-state index is -0.0581. The number of likely N-dealkylation sites (tertiary alicyclic amines) is 1. The molecule has 1 aliphatic rings. The average Bonchev–Trinajstić information content (AvgIpc) is 3.19. The number of aromatic amines is 1. The maximum absolute atomic E-state index is 12.6. The molecule has 1 aliphatic heterocycles. The van der Waals surface area contributed by atoms with Crippen LogP contribution in [0, 0.1) is 0 Å². The molecule has 20 heavy (non-hydrogen) atoms. The maximum Gasteiger partial charge on any atom is 0.294 e. The van der Waals surface area contributed by atoms with Crippen molar-refractivity contribution in [3.05, 3.63) is 34.0 Å². The summed E-state index contributed by atoms with van der Waals surface area (Å²) in [4.78, 5) is 18.8. The number of rotatable bonds is 4. The van der Waals surface area contributed by atoms with Crippen molar-refractivity contribution in [1.29, 1.82) is 0 Å². The van der Waals surface area contributed by atoms with Crippen LogP contribution in [0.3, 0.4) is 0 Å². The molecule has 3 heterocycles. The van der Waals surface area contributed by atoms with Gasteiger partial charge in [0.25, 0.3) is 5.91 Å². The number of amides is 1. The van der Waals surface area contributed by atoms with E-state index in [1.807, 2.05) is 4.90 Å². The zero-order valence-corrected chi connectivity index (χ0v) is 12.3. The zero-order valence-electron chi connectivity index (χ0n) is 11.5. The van der Waals surface area contributed by atoms with E-state index in [1.165, 1.54) is 5.56 Å². The zero-order chi connectivity index (χ0) is 13.9. The van der Waals surface area contributed by atoms with Crippen LogP contribution in [0.5, 0.6) is 0 Å². The van der Waals surface area contributed by atoms with E-state index < -0.39 is 0 Å². The van der Waals surface area contributed by atoms with Crippen molar-refractivity contribution < 1.29 is 4.79 Å². The SMILES string of the molecule is CCCc1nc(C(=O)N2CCCC2c2ccsc2)n[nH]1. The lowest BCUT2D eigenvalue weighted by molar-refractivity contribution is 0.0724. The van der Waals surface area contributed by atoms with Crippen LogP contribution < -0.4 is 0 Å². The lowest BCUT2D eigenvalue weighted by atomic mass is 10.1. The Labute approximate surface area is 122 Å². The Morgan fingerprint density at radius 1 is 1.60 bits per heavy atom. The number of aryl methyl sites for hydroxylation is 1. The van der Waals surface area contributed by atoms with Crippen LogP contribution in [0.1, 0.15) is 54.2 Å². The van der Waals surface area contributed by atoms with Crippen LogP contribution >= 0.6 is 11.3 Å². The molecule has 0 saturated carbocycles. The number of H-pyrrole nitrogens is 1. The molecule has 0 radical (unpaired) electrons. The Balaban J connectivity index is 1.78. The highest BCUT2D eigenvalue weighted by Crippen LogP contribution is 2.33. The number of thiophene rings is 1. The first-order valence-corrected chi connectivity index (χ1v) is 7.98. The molecule has 0 spiro atoms. The molecular formula is C14H18N4OS. The fourth-order valence-corrected chi connectivity index (χ4v) is 3.40. The number of nitrogens with zero attached hydrogens (tertiary/aromatic N) is 3. The van der Waals surface area contributed by atoms with Crippen molar-refractivity contribution >= 4 is 17.2 Å². The van der Waals surface area contributed by atoms with Crippen LogP contribution in [0.2, 0.25) is 0 Å². The Morgan fingerprint density at radius 2 is 2.50 bits per heavy atom. The lowest BCUT2D eigenvalue weighted by Gasteiger charge is -2.22. The van der Waals surface area contributed by atoms with Gasteiger partial charge >= 0.3 is 0 Å². The summed E-state index contributed by atoms with van der Waals surface area (Å²) in [5, 5.41) is 11.1. The van der Waals surface area contributed by atoms with E-state index in [0.717, 1.165) is 38.1 Å². The van der Waals surface area contributed by atoms with Gasteiger partial charge in [-0.1, -0.05) is 6.92 Å².